The predicted octanol–water partition coefficient (Wildman–Crippen LogP) is 4.06. The molecular weight excluding hydrogens is 278 g/mol. The molecule has 1 atom stereocenters. The molecule has 2 aromatic rings. The summed E-state index contributed by atoms with van der Waals surface area (Å²) in [5, 5.41) is 11.8. The highest BCUT2D eigenvalue weighted by molar-refractivity contribution is 5.85. The fourth-order valence-electron chi connectivity index (χ4n) is 2.18. The van der Waals surface area contributed by atoms with Crippen LogP contribution in [-0.4, -0.2) is 23.9 Å². The van der Waals surface area contributed by atoms with Gasteiger partial charge in [0.25, 0.3) is 0 Å². The second-order valence-electron chi connectivity index (χ2n) is 5.07. The summed E-state index contributed by atoms with van der Waals surface area (Å²) in [6.45, 7) is 1.82. The van der Waals surface area contributed by atoms with E-state index >= 15 is 0 Å². The van der Waals surface area contributed by atoms with Crippen LogP contribution in [0.25, 0.3) is 11.1 Å². The molecule has 4 nitrogen and oxygen atoms in total. The molecule has 0 saturated heterocycles. The monoisotopic (exact) mass is 299 g/mol. The van der Waals surface area contributed by atoms with Gasteiger partial charge in [-0.3, -0.25) is 5.32 Å². The molecular formula is C18H21NO3. The van der Waals surface area contributed by atoms with Gasteiger partial charge in [-0.05, 0) is 29.7 Å². The van der Waals surface area contributed by atoms with Crippen molar-refractivity contribution in [3.05, 3.63) is 54.6 Å². The van der Waals surface area contributed by atoms with Crippen LogP contribution < -0.4 is 5.32 Å². The largest absolute Gasteiger partial charge is 0.444 e. The van der Waals surface area contributed by atoms with E-state index in [0.29, 0.717) is 12.1 Å². The lowest BCUT2D eigenvalue weighted by Gasteiger charge is -2.15. The first kappa shape index (κ1) is 16.0. The van der Waals surface area contributed by atoms with E-state index in [4.69, 9.17) is 9.84 Å². The summed E-state index contributed by atoms with van der Waals surface area (Å²) in [4.78, 5) is 11.8. The fraction of sp³-hybridized carbons (Fsp3) is 0.278. The number of benzene rings is 2. The highest BCUT2D eigenvalue weighted by atomic mass is 16.6. The Morgan fingerprint density at radius 2 is 1.73 bits per heavy atom. The maximum absolute atomic E-state index is 11.8. The maximum atomic E-state index is 11.8. The average Bonchev–Trinajstić information content (AvgIpc) is 2.56. The molecule has 2 N–H and O–H groups in total. The lowest BCUT2D eigenvalue weighted by molar-refractivity contribution is 0.0611. The molecule has 22 heavy (non-hydrogen) atoms. The summed E-state index contributed by atoms with van der Waals surface area (Å²) < 4.78 is 5.16. The molecule has 0 unspecified atom stereocenters. The van der Waals surface area contributed by atoms with Gasteiger partial charge in [-0.25, -0.2) is 4.79 Å². The van der Waals surface area contributed by atoms with Crippen LogP contribution in [0.3, 0.4) is 0 Å². The number of nitrogens with one attached hydrogen (secondary N) is 1. The zero-order chi connectivity index (χ0) is 15.8. The first-order valence-electron chi connectivity index (χ1n) is 7.47. The van der Waals surface area contributed by atoms with Crippen LogP contribution in [0.4, 0.5) is 10.5 Å². The molecule has 0 aliphatic carbocycles. The van der Waals surface area contributed by atoms with Gasteiger partial charge < -0.3 is 9.84 Å². The van der Waals surface area contributed by atoms with Crippen molar-refractivity contribution < 1.29 is 14.6 Å². The van der Waals surface area contributed by atoms with Gasteiger partial charge >= 0.3 is 6.09 Å². The van der Waals surface area contributed by atoms with Crippen LogP contribution in [0.15, 0.2) is 54.6 Å². The SMILES string of the molecule is CCC[C@@H](CO)OC(=O)Nc1ccc(-c2ccccc2)cc1. The van der Waals surface area contributed by atoms with Crippen molar-refractivity contribution in [1.29, 1.82) is 0 Å². The van der Waals surface area contributed by atoms with Crippen molar-refractivity contribution in [1.82, 2.24) is 0 Å². The molecule has 0 saturated carbocycles. The number of carbonyl (C=O) groups excluding carboxylic acids is 1. The summed E-state index contributed by atoms with van der Waals surface area (Å²) in [5.74, 6) is 0. The van der Waals surface area contributed by atoms with Crippen LogP contribution in [0.1, 0.15) is 19.8 Å². The van der Waals surface area contributed by atoms with Crippen LogP contribution in [0, 0.1) is 0 Å². The molecule has 2 rings (SSSR count). The number of hydrogen-bond donors (Lipinski definition) is 2. The van der Waals surface area contributed by atoms with Crippen LogP contribution >= 0.6 is 0 Å². The van der Waals surface area contributed by atoms with Gasteiger partial charge in [0.2, 0.25) is 0 Å². The van der Waals surface area contributed by atoms with Gasteiger partial charge in [0.05, 0.1) is 6.61 Å². The second-order valence-corrected chi connectivity index (χ2v) is 5.07. The lowest BCUT2D eigenvalue weighted by atomic mass is 10.1. The molecule has 0 radical (unpaired) electrons. The van der Waals surface area contributed by atoms with Crippen molar-refractivity contribution >= 4 is 11.8 Å². The van der Waals surface area contributed by atoms with E-state index in [-0.39, 0.29) is 6.61 Å². The third kappa shape index (κ3) is 4.60. The normalized spacial score (nSPS) is 11.7. The quantitative estimate of drug-likeness (QED) is 0.845. The molecule has 4 heteroatoms. The van der Waals surface area contributed by atoms with E-state index < -0.39 is 12.2 Å². The van der Waals surface area contributed by atoms with Crippen LogP contribution in [-0.2, 0) is 4.74 Å². The molecule has 116 valence electrons. The molecule has 0 spiro atoms. The van der Waals surface area contributed by atoms with Crippen LogP contribution in [0.2, 0.25) is 0 Å². The van der Waals surface area contributed by atoms with Crippen molar-refractivity contribution in [3.8, 4) is 11.1 Å². The van der Waals surface area contributed by atoms with E-state index in [0.717, 1.165) is 17.5 Å². The van der Waals surface area contributed by atoms with Crippen molar-refractivity contribution in [2.24, 2.45) is 0 Å². The highest BCUT2D eigenvalue weighted by Gasteiger charge is 2.12. The second kappa shape index (κ2) is 8.20. The Balaban J connectivity index is 1.95. The number of aliphatic hydroxyl groups is 1. The van der Waals surface area contributed by atoms with Crippen molar-refractivity contribution in [3.63, 3.8) is 0 Å². The van der Waals surface area contributed by atoms with Gasteiger partial charge in [-0.1, -0.05) is 55.8 Å². The van der Waals surface area contributed by atoms with Gasteiger partial charge in [0.15, 0.2) is 0 Å². The fourth-order valence-corrected chi connectivity index (χ4v) is 2.18. The molecule has 1 amide bonds. The Hall–Kier alpha value is -2.33. The Kier molecular flexibility index (Phi) is 5.98. The zero-order valence-corrected chi connectivity index (χ0v) is 12.7. The summed E-state index contributed by atoms with van der Waals surface area (Å²) in [6, 6.07) is 17.6. The third-order valence-corrected chi connectivity index (χ3v) is 3.33. The predicted molar refractivity (Wildman–Crippen MR) is 87.8 cm³/mol. The van der Waals surface area contributed by atoms with Gasteiger partial charge in [-0.15, -0.1) is 0 Å². The van der Waals surface area contributed by atoms with Gasteiger partial charge in [-0.2, -0.15) is 0 Å². The Morgan fingerprint density at radius 1 is 1.09 bits per heavy atom. The smallest absolute Gasteiger partial charge is 0.411 e. The minimum Gasteiger partial charge on any atom is -0.444 e. The Bertz CT molecular complexity index is 581. The summed E-state index contributed by atoms with van der Waals surface area (Å²) in [5.41, 5.74) is 2.87. The Morgan fingerprint density at radius 3 is 2.32 bits per heavy atom. The van der Waals surface area contributed by atoms with E-state index in [1.54, 1.807) is 0 Å². The third-order valence-electron chi connectivity index (χ3n) is 3.33. The number of hydrogen-bond acceptors (Lipinski definition) is 3. The summed E-state index contributed by atoms with van der Waals surface area (Å²) in [6.07, 6.45) is 0.509. The summed E-state index contributed by atoms with van der Waals surface area (Å²) >= 11 is 0. The molecule has 0 aromatic heterocycles. The summed E-state index contributed by atoms with van der Waals surface area (Å²) in [7, 11) is 0. The number of anilines is 1. The molecule has 2 aromatic carbocycles. The van der Waals surface area contributed by atoms with Crippen LogP contribution in [0.5, 0.6) is 0 Å². The first-order valence-corrected chi connectivity index (χ1v) is 7.47. The highest BCUT2D eigenvalue weighted by Crippen LogP contribution is 2.21. The minimum atomic E-state index is -0.542. The topological polar surface area (TPSA) is 58.6 Å². The van der Waals surface area contributed by atoms with Crippen molar-refractivity contribution in [2.75, 3.05) is 11.9 Å². The molecule has 0 heterocycles. The van der Waals surface area contributed by atoms with E-state index in [2.05, 4.69) is 5.32 Å². The maximum Gasteiger partial charge on any atom is 0.411 e. The van der Waals surface area contributed by atoms with E-state index in [1.807, 2.05) is 61.5 Å². The average molecular weight is 299 g/mol. The lowest BCUT2D eigenvalue weighted by Crippen LogP contribution is -2.25. The van der Waals surface area contributed by atoms with E-state index in [9.17, 15) is 4.79 Å². The minimum absolute atomic E-state index is 0.159. The number of carbonyl (C=O) groups is 1. The number of aliphatic hydroxyl groups excluding tert-OH is 1. The number of rotatable bonds is 6. The Labute approximate surface area is 130 Å². The molecule has 0 fully saturated rings. The van der Waals surface area contributed by atoms with Crippen molar-refractivity contribution in [2.45, 2.75) is 25.9 Å². The van der Waals surface area contributed by atoms with Gasteiger partial charge in [0.1, 0.15) is 6.10 Å². The molecule has 0 aliphatic heterocycles. The molecule has 0 bridgehead atoms. The number of ether oxygens (including phenoxy) is 1. The van der Waals surface area contributed by atoms with E-state index in [1.165, 1.54) is 0 Å². The molecule has 0 aliphatic rings. The number of amides is 1. The zero-order valence-electron chi connectivity index (χ0n) is 12.7. The first-order chi connectivity index (χ1) is 10.7. The van der Waals surface area contributed by atoms with Gasteiger partial charge in [0, 0.05) is 5.69 Å². The standard InChI is InChI=1S/C18H21NO3/c1-2-6-17(13-20)22-18(21)19-16-11-9-15(10-12-16)14-7-4-3-5-8-14/h3-5,7-12,17,20H,2,6,13H2,1H3,(H,19,21)/t17-/m0/s1.